The third-order valence-corrected chi connectivity index (χ3v) is 4.77. The summed E-state index contributed by atoms with van der Waals surface area (Å²) in [5.41, 5.74) is 2.67. The first-order valence-electron chi connectivity index (χ1n) is 9.45. The highest BCUT2D eigenvalue weighted by Gasteiger charge is 2.27. The predicted molar refractivity (Wildman–Crippen MR) is 108 cm³/mol. The van der Waals surface area contributed by atoms with E-state index in [4.69, 9.17) is 4.74 Å². The van der Waals surface area contributed by atoms with Crippen LogP contribution in [0.4, 0.5) is 11.4 Å². The van der Waals surface area contributed by atoms with Gasteiger partial charge in [0, 0.05) is 19.2 Å². The van der Waals surface area contributed by atoms with Crippen LogP contribution in [0, 0.1) is 0 Å². The molecule has 0 N–H and O–H groups in total. The van der Waals surface area contributed by atoms with Gasteiger partial charge in [-0.05, 0) is 43.5 Å². The number of fused-ring (bicyclic) bond motifs is 1. The summed E-state index contributed by atoms with van der Waals surface area (Å²) in [6.07, 6.45) is 1.81. The molecule has 1 aliphatic rings. The van der Waals surface area contributed by atoms with Crippen molar-refractivity contribution in [1.82, 2.24) is 0 Å². The van der Waals surface area contributed by atoms with E-state index < -0.39 is 5.97 Å². The molecule has 0 radical (unpaired) electrons. The zero-order valence-corrected chi connectivity index (χ0v) is 16.2. The number of anilines is 2. The minimum absolute atomic E-state index is 0.139. The van der Waals surface area contributed by atoms with Crippen molar-refractivity contribution in [1.29, 1.82) is 0 Å². The molecule has 28 heavy (non-hydrogen) atoms. The number of nitrogens with zero attached hydrogens (tertiary/aromatic N) is 2. The lowest BCUT2D eigenvalue weighted by Crippen LogP contribution is -2.44. The predicted octanol–water partition coefficient (Wildman–Crippen LogP) is 3.20. The van der Waals surface area contributed by atoms with Gasteiger partial charge >= 0.3 is 5.97 Å². The average molecular weight is 380 g/mol. The van der Waals surface area contributed by atoms with Crippen LogP contribution in [0.3, 0.4) is 0 Å². The normalized spacial score (nSPS) is 12.9. The molecule has 3 rings (SSSR count). The fourth-order valence-corrected chi connectivity index (χ4v) is 3.47. The molecular weight excluding hydrogens is 356 g/mol. The highest BCUT2D eigenvalue weighted by molar-refractivity contribution is 6.07. The lowest BCUT2D eigenvalue weighted by atomic mass is 10.0. The van der Waals surface area contributed by atoms with Gasteiger partial charge < -0.3 is 14.5 Å². The van der Waals surface area contributed by atoms with Crippen LogP contribution in [-0.4, -0.2) is 37.5 Å². The molecule has 2 amide bonds. The summed E-state index contributed by atoms with van der Waals surface area (Å²) < 4.78 is 5.09. The molecule has 6 nitrogen and oxygen atoms in total. The number of rotatable bonds is 5. The van der Waals surface area contributed by atoms with Crippen molar-refractivity contribution in [2.24, 2.45) is 0 Å². The first kappa shape index (κ1) is 19.6. The van der Waals surface area contributed by atoms with Crippen LogP contribution < -0.4 is 9.80 Å². The summed E-state index contributed by atoms with van der Waals surface area (Å²) in [5, 5.41) is 0. The van der Waals surface area contributed by atoms with Gasteiger partial charge in [-0.2, -0.15) is 0 Å². The van der Waals surface area contributed by atoms with Gasteiger partial charge in [-0.15, -0.1) is 0 Å². The number of ether oxygens (including phenoxy) is 1. The molecule has 146 valence electrons. The topological polar surface area (TPSA) is 66.9 Å². The first-order chi connectivity index (χ1) is 13.5. The first-order valence-corrected chi connectivity index (χ1v) is 9.45. The maximum atomic E-state index is 13.1. The quantitative estimate of drug-likeness (QED) is 0.747. The minimum Gasteiger partial charge on any atom is -0.462 e. The lowest BCUT2D eigenvalue weighted by Gasteiger charge is -2.32. The summed E-state index contributed by atoms with van der Waals surface area (Å²) in [6.45, 7) is 3.82. The summed E-state index contributed by atoms with van der Waals surface area (Å²) in [5.74, 6) is -1.00. The number of esters is 1. The van der Waals surface area contributed by atoms with Gasteiger partial charge in [0.05, 0.1) is 17.9 Å². The highest BCUT2D eigenvalue weighted by Crippen LogP contribution is 2.28. The number of hydrogen-bond donors (Lipinski definition) is 0. The number of hydrogen-bond acceptors (Lipinski definition) is 4. The summed E-state index contributed by atoms with van der Waals surface area (Å²) in [4.78, 5) is 40.8. The second kappa shape index (κ2) is 8.69. The molecule has 0 atom stereocenters. The molecule has 1 heterocycles. The van der Waals surface area contributed by atoms with Crippen LogP contribution in [0.5, 0.6) is 0 Å². The van der Waals surface area contributed by atoms with Crippen LogP contribution in [0.15, 0.2) is 48.5 Å². The molecule has 1 aliphatic heterocycles. The number of carbonyl (C=O) groups excluding carboxylic acids is 3. The third-order valence-electron chi connectivity index (χ3n) is 4.77. The number of benzene rings is 2. The Bertz CT molecular complexity index is 894. The summed E-state index contributed by atoms with van der Waals surface area (Å²) in [6, 6.07) is 14.5. The Morgan fingerprint density at radius 3 is 2.54 bits per heavy atom. The van der Waals surface area contributed by atoms with Gasteiger partial charge in [0.2, 0.25) is 11.8 Å². The van der Waals surface area contributed by atoms with E-state index in [9.17, 15) is 14.4 Å². The fourth-order valence-electron chi connectivity index (χ4n) is 3.47. The Morgan fingerprint density at radius 2 is 1.79 bits per heavy atom. The molecule has 6 heteroatoms. The van der Waals surface area contributed by atoms with Gasteiger partial charge in [0.1, 0.15) is 6.54 Å². The highest BCUT2D eigenvalue weighted by atomic mass is 16.5. The van der Waals surface area contributed by atoms with E-state index in [-0.39, 0.29) is 30.5 Å². The van der Waals surface area contributed by atoms with Gasteiger partial charge in [-0.25, -0.2) is 4.79 Å². The third kappa shape index (κ3) is 4.06. The molecule has 0 saturated carbocycles. The van der Waals surface area contributed by atoms with Crippen molar-refractivity contribution in [2.45, 2.75) is 26.7 Å². The monoisotopic (exact) mass is 380 g/mol. The Balaban J connectivity index is 1.89. The van der Waals surface area contributed by atoms with Crippen LogP contribution in [0.25, 0.3) is 0 Å². The van der Waals surface area contributed by atoms with E-state index in [2.05, 4.69) is 0 Å². The molecule has 0 bridgehead atoms. The number of carbonyl (C=O) groups is 3. The maximum Gasteiger partial charge on any atom is 0.340 e. The second-order valence-electron chi connectivity index (χ2n) is 6.62. The van der Waals surface area contributed by atoms with Crippen LogP contribution >= 0.6 is 0 Å². The zero-order valence-electron chi connectivity index (χ0n) is 16.2. The Labute approximate surface area is 164 Å². The minimum atomic E-state index is -0.514. The maximum absolute atomic E-state index is 13.1. The van der Waals surface area contributed by atoms with Crippen molar-refractivity contribution in [3.63, 3.8) is 0 Å². The largest absolute Gasteiger partial charge is 0.462 e. The molecule has 0 spiro atoms. The van der Waals surface area contributed by atoms with Gasteiger partial charge in [0.15, 0.2) is 0 Å². The Morgan fingerprint density at radius 1 is 1.07 bits per heavy atom. The molecule has 0 aromatic heterocycles. The number of para-hydroxylation sites is 2. The van der Waals surface area contributed by atoms with E-state index in [0.717, 1.165) is 24.1 Å². The Kier molecular flexibility index (Phi) is 6.09. The van der Waals surface area contributed by atoms with Gasteiger partial charge in [-0.1, -0.05) is 30.3 Å². The SMILES string of the molecule is CCOC(=O)c1ccccc1N(CC(=O)N1CCCc2ccccc21)C(C)=O. The van der Waals surface area contributed by atoms with Crippen molar-refractivity contribution in [3.8, 4) is 0 Å². The number of amides is 2. The standard InChI is InChI=1S/C22H24N2O4/c1-3-28-22(27)18-11-5-7-13-20(18)24(16(2)25)15-21(26)23-14-8-10-17-9-4-6-12-19(17)23/h4-7,9,11-13H,3,8,10,14-15H2,1-2H3. The van der Waals surface area contributed by atoms with Crippen molar-refractivity contribution in [3.05, 3.63) is 59.7 Å². The smallest absolute Gasteiger partial charge is 0.340 e. The average Bonchev–Trinajstić information content (AvgIpc) is 2.71. The van der Waals surface area contributed by atoms with Crippen molar-refractivity contribution < 1.29 is 19.1 Å². The molecule has 0 fully saturated rings. The van der Waals surface area contributed by atoms with Crippen LogP contribution in [0.1, 0.15) is 36.2 Å². The Hall–Kier alpha value is -3.15. The van der Waals surface area contributed by atoms with E-state index >= 15 is 0 Å². The van der Waals surface area contributed by atoms with Crippen molar-refractivity contribution in [2.75, 3.05) is 29.5 Å². The van der Waals surface area contributed by atoms with Crippen molar-refractivity contribution >= 4 is 29.2 Å². The lowest BCUT2D eigenvalue weighted by molar-refractivity contribution is -0.121. The molecular formula is C22H24N2O4. The molecule has 2 aromatic rings. The van der Waals surface area contributed by atoms with Gasteiger partial charge in [0.25, 0.3) is 0 Å². The van der Waals surface area contributed by atoms with Crippen LogP contribution in [-0.2, 0) is 20.7 Å². The summed E-state index contributed by atoms with van der Waals surface area (Å²) in [7, 11) is 0. The zero-order chi connectivity index (χ0) is 20.1. The molecule has 0 aliphatic carbocycles. The summed E-state index contributed by atoms with van der Waals surface area (Å²) >= 11 is 0. The van der Waals surface area contributed by atoms with E-state index in [0.29, 0.717) is 12.2 Å². The molecule has 2 aromatic carbocycles. The van der Waals surface area contributed by atoms with E-state index in [1.807, 2.05) is 24.3 Å². The molecule has 0 unspecified atom stereocenters. The number of aryl methyl sites for hydroxylation is 1. The van der Waals surface area contributed by atoms with E-state index in [1.165, 1.54) is 11.8 Å². The van der Waals surface area contributed by atoms with Gasteiger partial charge in [-0.3, -0.25) is 9.59 Å². The van der Waals surface area contributed by atoms with Crippen LogP contribution in [0.2, 0.25) is 0 Å². The second-order valence-corrected chi connectivity index (χ2v) is 6.62. The molecule has 0 saturated heterocycles. The van der Waals surface area contributed by atoms with E-state index in [1.54, 1.807) is 36.1 Å². The fraction of sp³-hybridized carbons (Fsp3) is 0.318.